The Morgan fingerprint density at radius 3 is 1.61 bits per heavy atom. The summed E-state index contributed by atoms with van der Waals surface area (Å²) in [5.41, 5.74) is 14.5. The normalized spacial score (nSPS) is 20.3. The number of allylic oxidation sites excluding steroid dienone is 2. The minimum Gasteiger partial charge on any atom is -0.445 e. The van der Waals surface area contributed by atoms with Crippen LogP contribution in [-0.4, -0.2) is 246 Å². The first-order valence-electron chi connectivity index (χ1n) is 48.6. The number of nitrogens with one attached hydrogen (secondary N) is 5. The lowest BCUT2D eigenvalue weighted by Gasteiger charge is -2.37. The lowest BCUT2D eigenvalue weighted by Crippen LogP contribution is -2.62. The largest absolute Gasteiger partial charge is 0.445 e. The summed E-state index contributed by atoms with van der Waals surface area (Å²) in [4.78, 5) is 119. The maximum Gasteiger partial charge on any atom is 0.410 e. The van der Waals surface area contributed by atoms with E-state index in [1.807, 2.05) is 164 Å². The van der Waals surface area contributed by atoms with Gasteiger partial charge in [-0.2, -0.15) is 4.31 Å². The number of amides is 8. The van der Waals surface area contributed by atoms with Gasteiger partial charge in [0.15, 0.2) is 10.8 Å². The van der Waals surface area contributed by atoms with Crippen molar-refractivity contribution in [2.24, 2.45) is 11.5 Å². The van der Waals surface area contributed by atoms with Crippen molar-refractivity contribution in [3.63, 3.8) is 0 Å². The van der Waals surface area contributed by atoms with Gasteiger partial charge in [-0.1, -0.05) is 227 Å². The molecule has 7 heterocycles. The molecule has 7 atom stereocenters. The number of pyridine rings is 1. The van der Waals surface area contributed by atoms with Gasteiger partial charge in [-0.3, -0.25) is 14.4 Å². The molecule has 1 aromatic heterocycles. The molecule has 7 unspecified atom stereocenters. The van der Waals surface area contributed by atoms with E-state index in [4.69, 9.17) is 44.6 Å². The minimum absolute atomic E-state index is 0.00548. The number of hydrogen-bond acceptors (Lipinski definition) is 24. The number of fused-ring (bicyclic) bond motifs is 1. The predicted octanol–water partition coefficient (Wildman–Crippen LogP) is 14.2. The van der Waals surface area contributed by atoms with Crippen LogP contribution in [0.1, 0.15) is 190 Å². The Morgan fingerprint density at radius 1 is 0.554 bits per heavy atom. The van der Waals surface area contributed by atoms with Crippen molar-refractivity contribution in [2.75, 3.05) is 85.1 Å². The zero-order chi connectivity index (χ0) is 100. The van der Waals surface area contributed by atoms with E-state index >= 15 is 0 Å². The second-order valence-corrected chi connectivity index (χ2v) is 38.2. The number of unbranched alkanes of at least 4 members (excludes halogenated alkanes) is 1. The number of epoxide rings is 1. The molecule has 0 radical (unpaired) electrons. The standard InChI is InChI=1S/C18H28N4O4S.C18H31N3O4.C16H21NO2.C14H20N2O3.C14H17NO3.C14H17NO2.C11H13NO2/c19-18(9-3-1-4-10-18)17(24)21-14-7-6-12-22(13-15(14)23)27(25,26)16-8-2-5-11-20-16;1-17(2,3)25-16(24)21-18(9-5-4-6-10-18)15(23)20-13-8-7-11-19-12-14(13)22;1-3-5-9-13-17(12-4-2)16(18)19-14-15-10-7-6-8-11-15;15-12-7-4-8-16(9-13(12)17)14(18)19-10-11-5-2-1-3-6-11;16-14(17-10-11-5-2-1-3-6-11)15-8-4-7-12-13(9-15)18-12;16-14(15-10-6-1-2-7-11-15)17-12-13-8-4-3-5-9-13;1-2-8-12-11(13)14-9-10-6-4-3-5-7-10/h2,5,8,11,14-15,23H,1,3-4,6-7,9-10,12-13,19H2,(H,21,24);13,19H,4-12H2,1-3H3,(H,20,23)(H,21,24);3-4,6-8,10-11H,1-2,5,9,12-14H2;1-3,5-6,12-13,17H,4,7-10,15H2;1-3,5-6,12-13H,4,7-10H2;1,3-6,8-9H,2,7,10-12H2;2-7H,1,8-9H2,(H,12,13). The first-order chi connectivity index (χ1) is 67.0. The third-order valence-electron chi connectivity index (χ3n) is 24.1. The summed E-state index contributed by atoms with van der Waals surface area (Å²) in [6.45, 7) is 24.3. The van der Waals surface area contributed by atoms with Crippen LogP contribution < -0.4 is 38.1 Å². The van der Waals surface area contributed by atoms with Crippen LogP contribution in [0.4, 0.5) is 28.8 Å². The average Bonchev–Trinajstić information content (AvgIpc) is 1.66. The maximum atomic E-state index is 13.0. The minimum atomic E-state index is -3.78. The van der Waals surface area contributed by atoms with E-state index < -0.39 is 69.3 Å². The number of aliphatic hydroxyl groups excluding tert-OH is 2. The number of alkyl carbamates (subject to hydrolysis) is 2. The molecular weight excluding hydrogens is 1800 g/mol. The summed E-state index contributed by atoms with van der Waals surface area (Å²) in [6.07, 6.45) is 25.6. The van der Waals surface area contributed by atoms with Gasteiger partial charge in [0.05, 0.1) is 55.6 Å². The number of hydrogen-bond donors (Lipinski definition) is 9. The average molecular weight is 1940 g/mol. The molecule has 2 aliphatic carbocycles. The van der Waals surface area contributed by atoms with E-state index in [2.05, 4.69) is 57.4 Å². The number of sulfonamides is 1. The Labute approximate surface area is 820 Å². The van der Waals surface area contributed by atoms with Crippen LogP contribution in [0.5, 0.6) is 0 Å². The van der Waals surface area contributed by atoms with E-state index in [9.17, 15) is 61.8 Å². The summed E-state index contributed by atoms with van der Waals surface area (Å²) in [7, 11) is -3.78. The number of ketones is 1. The highest BCUT2D eigenvalue weighted by Crippen LogP contribution is 2.33. The van der Waals surface area contributed by atoms with Crippen molar-refractivity contribution in [3.05, 3.63) is 254 Å². The van der Waals surface area contributed by atoms with E-state index in [0.717, 1.165) is 144 Å². The molecule has 0 spiro atoms. The number of Topliss-reactive ketones (excluding diaryl/α,β-unsaturated/α-hetero) is 1. The molecule has 758 valence electrons. The van der Waals surface area contributed by atoms with Gasteiger partial charge in [-0.25, -0.2) is 42.2 Å². The molecule has 14 rings (SSSR count). The van der Waals surface area contributed by atoms with Gasteiger partial charge >= 0.3 is 36.6 Å². The fourth-order valence-corrected chi connectivity index (χ4v) is 17.6. The molecule has 33 nitrogen and oxygen atoms in total. The molecule has 11 N–H and O–H groups in total. The number of nitrogens with zero attached hydrogens (tertiary/aromatic N) is 6. The number of carbonyl (C=O) groups excluding carboxylic acids is 9. The van der Waals surface area contributed by atoms with Gasteiger partial charge in [-0.05, 0) is 170 Å². The van der Waals surface area contributed by atoms with Crippen LogP contribution >= 0.6 is 0 Å². The van der Waals surface area contributed by atoms with Gasteiger partial charge in [0.2, 0.25) is 11.8 Å². The number of benzene rings is 5. The van der Waals surface area contributed by atoms with Gasteiger partial charge in [0.25, 0.3) is 10.0 Å². The molecule has 139 heavy (non-hydrogen) atoms. The van der Waals surface area contributed by atoms with Crippen LogP contribution in [0.25, 0.3) is 0 Å². The van der Waals surface area contributed by atoms with Crippen molar-refractivity contribution in [2.45, 2.75) is 259 Å². The summed E-state index contributed by atoms with van der Waals surface area (Å²) >= 11 is 0. The zero-order valence-corrected chi connectivity index (χ0v) is 81.9. The summed E-state index contributed by atoms with van der Waals surface area (Å²) in [5, 5.41) is 34.5. The van der Waals surface area contributed by atoms with Crippen molar-refractivity contribution in [1.82, 2.24) is 55.5 Å². The first-order valence-corrected chi connectivity index (χ1v) is 50.0. The third-order valence-corrected chi connectivity index (χ3v) is 25.8. The molecule has 0 bridgehead atoms. The van der Waals surface area contributed by atoms with Gasteiger partial charge in [0.1, 0.15) is 50.3 Å². The smallest absolute Gasteiger partial charge is 0.410 e. The zero-order valence-electron chi connectivity index (χ0n) is 81.1. The molecule has 7 fully saturated rings. The molecule has 6 aromatic rings. The van der Waals surface area contributed by atoms with Gasteiger partial charge in [0, 0.05) is 71.1 Å². The highest BCUT2D eigenvalue weighted by molar-refractivity contribution is 7.89. The predicted molar refractivity (Wildman–Crippen MR) is 531 cm³/mol. The number of ether oxygens (including phenoxy) is 7. The number of β-amino-alcohol motifs (C(OH)–C–C–N with tert-alkyl or cyclic N) is 2. The molecule has 6 aliphatic heterocycles. The van der Waals surface area contributed by atoms with Gasteiger partial charge < -0.3 is 101 Å². The second kappa shape index (κ2) is 60.8. The second-order valence-electron chi connectivity index (χ2n) is 36.4. The topological polar surface area (TPSA) is 437 Å². The number of aromatic nitrogens is 1. The van der Waals surface area contributed by atoms with Crippen LogP contribution in [-0.2, 0) is 90.6 Å². The molecule has 34 heteroatoms. The number of nitrogens with two attached hydrogens (primary N) is 2. The Morgan fingerprint density at radius 2 is 1.07 bits per heavy atom. The Bertz CT molecular complexity index is 4850. The third kappa shape index (κ3) is 41.6. The fraction of sp³-hybridized carbons (Fsp3) is 0.505. The van der Waals surface area contributed by atoms with E-state index in [1.54, 1.807) is 59.8 Å². The van der Waals surface area contributed by atoms with Crippen molar-refractivity contribution in [1.29, 1.82) is 0 Å². The number of aliphatic hydroxyl groups is 2. The molecular formula is C105H147N13O20S. The highest BCUT2D eigenvalue weighted by Gasteiger charge is 2.46. The van der Waals surface area contributed by atoms with Crippen LogP contribution in [0.3, 0.4) is 0 Å². The highest BCUT2D eigenvalue weighted by atomic mass is 32.2. The van der Waals surface area contributed by atoms with Crippen LogP contribution in [0.15, 0.2) is 231 Å². The maximum absolute atomic E-state index is 13.0. The number of carbonyl (C=O) groups is 9. The number of likely N-dealkylation sites (tertiary alicyclic amines) is 2. The summed E-state index contributed by atoms with van der Waals surface area (Å²) < 4.78 is 63.6. The lowest BCUT2D eigenvalue weighted by atomic mass is 9.80. The monoisotopic (exact) mass is 1940 g/mol. The summed E-state index contributed by atoms with van der Waals surface area (Å²) in [6, 6.07) is 51.6. The number of rotatable bonds is 25. The Hall–Kier alpha value is -11.9. The van der Waals surface area contributed by atoms with Gasteiger partial charge in [-0.15, -0.1) is 19.7 Å². The van der Waals surface area contributed by atoms with Crippen molar-refractivity contribution < 1.29 is 94.9 Å². The Kier molecular flexibility index (Phi) is 49.2. The molecule has 5 saturated heterocycles. The summed E-state index contributed by atoms with van der Waals surface area (Å²) in [5.74, 6) is -0.514. The molecule has 2 saturated carbocycles. The van der Waals surface area contributed by atoms with Crippen molar-refractivity contribution in [3.8, 4) is 0 Å². The molecule has 5 aromatic carbocycles. The first kappa shape index (κ1) is 112. The van der Waals surface area contributed by atoms with E-state index in [1.165, 1.54) is 21.5 Å². The Balaban J connectivity index is 0.000000201. The van der Waals surface area contributed by atoms with Crippen LogP contribution in [0, 0.1) is 0 Å². The van der Waals surface area contributed by atoms with Crippen molar-refractivity contribution >= 4 is 64.2 Å². The van der Waals surface area contributed by atoms with E-state index in [0.29, 0.717) is 117 Å². The van der Waals surface area contributed by atoms with E-state index in [-0.39, 0.29) is 85.8 Å². The van der Waals surface area contributed by atoms with Crippen LogP contribution in [0.2, 0.25) is 0 Å². The lowest BCUT2D eigenvalue weighted by molar-refractivity contribution is -0.133. The quantitative estimate of drug-likeness (QED) is 0.0111. The molecule has 8 amide bonds. The SMILES string of the molecule is C=CCCCN(CC=C)C(=O)OCc1ccccc1.C=CCNC(=O)OCc1ccccc1.CC(C)(C)OC(=O)NC1(C(=O)NC2CCCNCC2=O)CCCCC1.NC1(C(=O)NC2CCCN(S(=O)(=O)c3ccccn3)CC2O)CCCCC1.NC1CCCN(C(=O)OCc2ccccc2)CC1O.O=C(OCc1ccccc1)N1CC=CCCC1.O=C(OCc1ccccc1)N1CCCC2OC2C1. The fourth-order valence-electron chi connectivity index (χ4n) is 16.2. The molecule has 8 aliphatic rings.